The quantitative estimate of drug-likeness (QED) is 0.343. The first-order chi connectivity index (χ1) is 18.5. The van der Waals surface area contributed by atoms with Crippen molar-refractivity contribution in [3.63, 3.8) is 0 Å². The molecule has 1 aliphatic heterocycles. The fourth-order valence-electron chi connectivity index (χ4n) is 5.05. The number of carbonyl (C=O) groups excluding carboxylic acids is 2. The van der Waals surface area contributed by atoms with E-state index in [1.807, 2.05) is 42.5 Å². The van der Waals surface area contributed by atoms with Gasteiger partial charge in [-0.05, 0) is 91.0 Å². The second-order valence-corrected chi connectivity index (χ2v) is 9.73. The summed E-state index contributed by atoms with van der Waals surface area (Å²) >= 11 is 0. The molecule has 2 amide bonds. The van der Waals surface area contributed by atoms with Crippen molar-refractivity contribution in [2.45, 2.75) is 25.7 Å². The number of carbonyl (C=O) groups is 2. The van der Waals surface area contributed by atoms with Gasteiger partial charge in [-0.2, -0.15) is 5.26 Å². The summed E-state index contributed by atoms with van der Waals surface area (Å²) < 4.78 is 5.80. The van der Waals surface area contributed by atoms with Crippen molar-refractivity contribution in [2.75, 3.05) is 31.5 Å². The molecule has 0 saturated carbocycles. The van der Waals surface area contributed by atoms with E-state index >= 15 is 0 Å². The van der Waals surface area contributed by atoms with Crippen LogP contribution >= 0.6 is 0 Å². The molecular formula is C31H30N4O3. The van der Waals surface area contributed by atoms with Gasteiger partial charge in [0.25, 0.3) is 5.91 Å². The Morgan fingerprint density at radius 1 is 1.00 bits per heavy atom. The average Bonchev–Trinajstić information content (AvgIpc) is 3.37. The molecular weight excluding hydrogens is 476 g/mol. The number of benzene rings is 3. The Morgan fingerprint density at radius 2 is 1.76 bits per heavy atom. The van der Waals surface area contributed by atoms with Gasteiger partial charge in [-0.15, -0.1) is 0 Å². The third kappa shape index (κ3) is 5.93. The Hall–Kier alpha value is -4.41. The molecule has 2 N–H and O–H groups in total. The molecule has 7 heteroatoms. The van der Waals surface area contributed by atoms with Crippen LogP contribution in [-0.2, 0) is 4.79 Å². The first kappa shape index (κ1) is 25.2. The number of likely N-dealkylation sites (tertiary alicyclic amines) is 1. The summed E-state index contributed by atoms with van der Waals surface area (Å²) in [5.41, 5.74) is 5.39. The van der Waals surface area contributed by atoms with Crippen LogP contribution in [0.25, 0.3) is 22.1 Å². The summed E-state index contributed by atoms with van der Waals surface area (Å²) in [5, 5.41) is 15.7. The van der Waals surface area contributed by atoms with Crippen molar-refractivity contribution in [1.82, 2.24) is 10.2 Å². The van der Waals surface area contributed by atoms with Gasteiger partial charge in [0.15, 0.2) is 5.76 Å². The Morgan fingerprint density at radius 3 is 2.50 bits per heavy atom. The molecule has 2 heterocycles. The van der Waals surface area contributed by atoms with Crippen LogP contribution in [0.15, 0.2) is 77.2 Å². The summed E-state index contributed by atoms with van der Waals surface area (Å²) in [4.78, 5) is 26.5. The molecule has 192 valence electrons. The lowest BCUT2D eigenvalue weighted by Gasteiger charge is -2.32. The van der Waals surface area contributed by atoms with Gasteiger partial charge in [-0.3, -0.25) is 9.59 Å². The Kier molecular flexibility index (Phi) is 7.52. The highest BCUT2D eigenvalue weighted by Crippen LogP contribution is 2.30. The number of nitrogens with zero attached hydrogens (tertiary/aromatic N) is 2. The van der Waals surface area contributed by atoms with Crippen molar-refractivity contribution in [3.05, 3.63) is 89.7 Å². The number of nitriles is 1. The van der Waals surface area contributed by atoms with E-state index in [1.54, 1.807) is 18.2 Å². The minimum Gasteiger partial charge on any atom is -0.451 e. The number of anilines is 1. The standard InChI is InChI=1S/C31H30N4O3/c1-21(36)34-28-4-2-3-25(18-28)24-11-14-35(15-12-24)16-13-33-31(37)30-19-27-17-26(9-10-29(27)38-30)23-7-5-22(20-32)6-8-23/h2-10,17-19,24H,11-16H2,1H3,(H,33,37)(H,34,36). The van der Waals surface area contributed by atoms with Gasteiger partial charge in [-0.1, -0.05) is 30.3 Å². The average molecular weight is 507 g/mol. The van der Waals surface area contributed by atoms with Crippen molar-refractivity contribution in [3.8, 4) is 17.2 Å². The molecule has 0 aliphatic carbocycles. The van der Waals surface area contributed by atoms with E-state index in [0.29, 0.717) is 29.4 Å². The summed E-state index contributed by atoms with van der Waals surface area (Å²) in [6.45, 7) is 4.79. The number of hydrogen-bond acceptors (Lipinski definition) is 5. The third-order valence-electron chi connectivity index (χ3n) is 7.07. The topological polar surface area (TPSA) is 98.4 Å². The fraction of sp³-hybridized carbons (Fsp3) is 0.258. The predicted octanol–water partition coefficient (Wildman–Crippen LogP) is 5.54. The monoisotopic (exact) mass is 506 g/mol. The number of furan rings is 1. The molecule has 38 heavy (non-hydrogen) atoms. The van der Waals surface area contributed by atoms with Crippen LogP contribution in [0.2, 0.25) is 0 Å². The Labute approximate surface area is 222 Å². The maximum atomic E-state index is 12.7. The minimum atomic E-state index is -0.217. The van der Waals surface area contributed by atoms with Crippen LogP contribution in [0, 0.1) is 11.3 Å². The van der Waals surface area contributed by atoms with Gasteiger partial charge in [0.05, 0.1) is 11.6 Å². The zero-order chi connectivity index (χ0) is 26.5. The van der Waals surface area contributed by atoms with Crippen LogP contribution < -0.4 is 10.6 Å². The number of piperidine rings is 1. The lowest BCUT2D eigenvalue weighted by molar-refractivity contribution is -0.114. The molecule has 4 aromatic rings. The van der Waals surface area contributed by atoms with Crippen molar-refractivity contribution >= 4 is 28.5 Å². The SMILES string of the molecule is CC(=O)Nc1cccc(C2CCN(CCNC(=O)c3cc4cc(-c5ccc(C#N)cc5)ccc4o3)CC2)c1. The Balaban J connectivity index is 1.12. The molecule has 7 nitrogen and oxygen atoms in total. The number of nitrogens with one attached hydrogen (secondary N) is 2. The number of fused-ring (bicyclic) bond motifs is 1. The van der Waals surface area contributed by atoms with Gasteiger partial charge in [0.2, 0.25) is 5.91 Å². The van der Waals surface area contributed by atoms with Crippen LogP contribution in [-0.4, -0.2) is 42.9 Å². The fourth-order valence-corrected chi connectivity index (χ4v) is 5.05. The van der Waals surface area contributed by atoms with Gasteiger partial charge in [0, 0.05) is 31.1 Å². The first-order valence-corrected chi connectivity index (χ1v) is 12.9. The van der Waals surface area contributed by atoms with Crippen molar-refractivity contribution in [1.29, 1.82) is 5.26 Å². The molecule has 3 aromatic carbocycles. The lowest BCUT2D eigenvalue weighted by Crippen LogP contribution is -2.39. The maximum Gasteiger partial charge on any atom is 0.287 e. The highest BCUT2D eigenvalue weighted by molar-refractivity contribution is 5.97. The highest BCUT2D eigenvalue weighted by Gasteiger charge is 2.21. The van der Waals surface area contributed by atoms with E-state index in [-0.39, 0.29) is 11.8 Å². The molecule has 1 aromatic heterocycles. The van der Waals surface area contributed by atoms with Crippen LogP contribution in [0.1, 0.15) is 47.4 Å². The van der Waals surface area contributed by atoms with Gasteiger partial charge in [0.1, 0.15) is 5.58 Å². The number of amides is 2. The molecule has 0 spiro atoms. The van der Waals surface area contributed by atoms with E-state index in [4.69, 9.17) is 9.68 Å². The third-order valence-corrected chi connectivity index (χ3v) is 7.07. The van der Waals surface area contributed by atoms with E-state index in [9.17, 15) is 9.59 Å². The normalized spacial score (nSPS) is 14.2. The van der Waals surface area contributed by atoms with E-state index < -0.39 is 0 Å². The summed E-state index contributed by atoms with van der Waals surface area (Å²) in [5.74, 6) is 0.495. The predicted molar refractivity (Wildman–Crippen MR) is 148 cm³/mol. The summed E-state index contributed by atoms with van der Waals surface area (Å²) in [7, 11) is 0. The zero-order valence-corrected chi connectivity index (χ0v) is 21.4. The van der Waals surface area contributed by atoms with Crippen LogP contribution in [0.3, 0.4) is 0 Å². The molecule has 5 rings (SSSR count). The number of rotatable bonds is 7. The number of hydrogen-bond donors (Lipinski definition) is 2. The van der Waals surface area contributed by atoms with Crippen LogP contribution in [0.5, 0.6) is 0 Å². The van der Waals surface area contributed by atoms with Gasteiger partial charge >= 0.3 is 0 Å². The van der Waals surface area contributed by atoms with E-state index in [2.05, 4.69) is 33.7 Å². The first-order valence-electron chi connectivity index (χ1n) is 12.9. The molecule has 1 aliphatic rings. The summed E-state index contributed by atoms with van der Waals surface area (Å²) in [6, 6.07) is 25.3. The zero-order valence-electron chi connectivity index (χ0n) is 21.4. The second kappa shape index (κ2) is 11.3. The Bertz CT molecular complexity index is 1490. The smallest absolute Gasteiger partial charge is 0.287 e. The van der Waals surface area contributed by atoms with E-state index in [1.165, 1.54) is 12.5 Å². The molecule has 0 radical (unpaired) electrons. The van der Waals surface area contributed by atoms with E-state index in [0.717, 1.165) is 54.7 Å². The minimum absolute atomic E-state index is 0.0606. The van der Waals surface area contributed by atoms with Crippen molar-refractivity contribution < 1.29 is 14.0 Å². The molecule has 1 fully saturated rings. The van der Waals surface area contributed by atoms with Gasteiger partial charge in [-0.25, -0.2) is 0 Å². The molecule has 0 atom stereocenters. The second-order valence-electron chi connectivity index (χ2n) is 9.73. The summed E-state index contributed by atoms with van der Waals surface area (Å²) in [6.07, 6.45) is 2.09. The van der Waals surface area contributed by atoms with Gasteiger partial charge < -0.3 is 20.0 Å². The lowest BCUT2D eigenvalue weighted by atomic mass is 9.89. The largest absolute Gasteiger partial charge is 0.451 e. The van der Waals surface area contributed by atoms with Crippen LogP contribution in [0.4, 0.5) is 5.69 Å². The van der Waals surface area contributed by atoms with Crippen molar-refractivity contribution in [2.24, 2.45) is 0 Å². The molecule has 0 bridgehead atoms. The molecule has 1 saturated heterocycles. The molecule has 0 unspecified atom stereocenters. The maximum absolute atomic E-state index is 12.7. The highest BCUT2D eigenvalue weighted by atomic mass is 16.3.